The van der Waals surface area contributed by atoms with Crippen molar-refractivity contribution in [3.05, 3.63) is 0 Å². The molecular formula is C14H28N2. The van der Waals surface area contributed by atoms with Crippen LogP contribution in [0.5, 0.6) is 0 Å². The Morgan fingerprint density at radius 3 is 2.19 bits per heavy atom. The van der Waals surface area contributed by atoms with Gasteiger partial charge in [0.1, 0.15) is 0 Å². The number of rotatable bonds is 1. The molecule has 0 spiro atoms. The van der Waals surface area contributed by atoms with Crippen molar-refractivity contribution in [1.82, 2.24) is 10.2 Å². The molecule has 5 unspecified atom stereocenters. The van der Waals surface area contributed by atoms with Gasteiger partial charge in [-0.15, -0.1) is 0 Å². The van der Waals surface area contributed by atoms with Gasteiger partial charge >= 0.3 is 0 Å². The molecule has 2 rings (SSSR count). The first-order chi connectivity index (χ1) is 7.58. The number of piperazine rings is 1. The van der Waals surface area contributed by atoms with E-state index in [1.54, 1.807) is 0 Å². The lowest BCUT2D eigenvalue weighted by Crippen LogP contribution is -2.59. The van der Waals surface area contributed by atoms with Crippen LogP contribution in [0.4, 0.5) is 0 Å². The van der Waals surface area contributed by atoms with Gasteiger partial charge in [-0.25, -0.2) is 0 Å². The van der Waals surface area contributed by atoms with Gasteiger partial charge in [-0.1, -0.05) is 26.7 Å². The van der Waals surface area contributed by atoms with E-state index in [0.29, 0.717) is 12.1 Å². The molecule has 0 radical (unpaired) electrons. The van der Waals surface area contributed by atoms with Crippen LogP contribution in [0.2, 0.25) is 0 Å². The highest BCUT2D eigenvalue weighted by Crippen LogP contribution is 2.33. The zero-order valence-electron chi connectivity index (χ0n) is 11.4. The third kappa shape index (κ3) is 2.60. The monoisotopic (exact) mass is 224 g/mol. The van der Waals surface area contributed by atoms with E-state index in [1.807, 2.05) is 0 Å². The van der Waals surface area contributed by atoms with Gasteiger partial charge in [0.2, 0.25) is 0 Å². The Morgan fingerprint density at radius 2 is 1.56 bits per heavy atom. The summed E-state index contributed by atoms with van der Waals surface area (Å²) in [6.45, 7) is 12.0. The van der Waals surface area contributed by atoms with E-state index < -0.39 is 0 Å². The Morgan fingerprint density at radius 1 is 0.938 bits per heavy atom. The largest absolute Gasteiger partial charge is 0.309 e. The maximum Gasteiger partial charge on any atom is 0.0169 e. The summed E-state index contributed by atoms with van der Waals surface area (Å²) in [4.78, 5) is 2.76. The fourth-order valence-electron chi connectivity index (χ4n) is 3.71. The summed E-state index contributed by atoms with van der Waals surface area (Å²) in [5, 5.41) is 3.63. The fourth-order valence-corrected chi connectivity index (χ4v) is 3.71. The summed E-state index contributed by atoms with van der Waals surface area (Å²) < 4.78 is 0. The molecule has 2 nitrogen and oxygen atoms in total. The average molecular weight is 224 g/mol. The van der Waals surface area contributed by atoms with Gasteiger partial charge in [-0.05, 0) is 32.1 Å². The molecular weight excluding hydrogens is 196 g/mol. The molecule has 0 bridgehead atoms. The number of nitrogens with zero attached hydrogens (tertiary/aromatic N) is 1. The smallest absolute Gasteiger partial charge is 0.0169 e. The lowest BCUT2D eigenvalue weighted by molar-refractivity contribution is 0.0470. The average Bonchev–Trinajstić information content (AvgIpc) is 2.20. The van der Waals surface area contributed by atoms with Crippen molar-refractivity contribution in [2.24, 2.45) is 11.8 Å². The topological polar surface area (TPSA) is 15.3 Å². The van der Waals surface area contributed by atoms with Gasteiger partial charge in [0.05, 0.1) is 0 Å². The van der Waals surface area contributed by atoms with Crippen molar-refractivity contribution >= 4 is 0 Å². The molecule has 1 aliphatic carbocycles. The highest BCUT2D eigenvalue weighted by Gasteiger charge is 2.34. The third-order valence-electron chi connectivity index (χ3n) is 4.72. The molecule has 0 aromatic carbocycles. The first kappa shape index (κ1) is 12.4. The number of hydrogen-bond acceptors (Lipinski definition) is 2. The lowest BCUT2D eigenvalue weighted by Gasteiger charge is -2.46. The molecule has 94 valence electrons. The number of hydrogen-bond donors (Lipinski definition) is 1. The zero-order valence-corrected chi connectivity index (χ0v) is 11.4. The van der Waals surface area contributed by atoms with Crippen LogP contribution in [0.15, 0.2) is 0 Å². The van der Waals surface area contributed by atoms with Crippen LogP contribution in [0, 0.1) is 11.8 Å². The van der Waals surface area contributed by atoms with E-state index in [1.165, 1.54) is 32.4 Å². The van der Waals surface area contributed by atoms with Gasteiger partial charge in [0.15, 0.2) is 0 Å². The van der Waals surface area contributed by atoms with Crippen molar-refractivity contribution in [1.29, 1.82) is 0 Å². The summed E-state index contributed by atoms with van der Waals surface area (Å²) in [5.74, 6) is 1.80. The summed E-state index contributed by atoms with van der Waals surface area (Å²) in [6, 6.07) is 2.16. The maximum atomic E-state index is 3.63. The second-order valence-electron chi connectivity index (χ2n) is 6.26. The molecule has 5 atom stereocenters. The van der Waals surface area contributed by atoms with Crippen molar-refractivity contribution in [3.8, 4) is 0 Å². The van der Waals surface area contributed by atoms with Crippen LogP contribution < -0.4 is 5.32 Å². The quantitative estimate of drug-likeness (QED) is 0.736. The highest BCUT2D eigenvalue weighted by atomic mass is 15.2. The Balaban J connectivity index is 1.99. The molecule has 1 aliphatic heterocycles. The van der Waals surface area contributed by atoms with E-state index in [9.17, 15) is 0 Å². The number of nitrogens with one attached hydrogen (secondary N) is 1. The van der Waals surface area contributed by atoms with Crippen molar-refractivity contribution in [3.63, 3.8) is 0 Å². The molecule has 16 heavy (non-hydrogen) atoms. The summed E-state index contributed by atoms with van der Waals surface area (Å²) >= 11 is 0. The predicted octanol–water partition coefficient (Wildman–Crippen LogP) is 2.49. The van der Waals surface area contributed by atoms with Crippen molar-refractivity contribution in [2.75, 3.05) is 13.1 Å². The molecule has 2 heteroatoms. The molecule has 1 saturated heterocycles. The highest BCUT2D eigenvalue weighted by molar-refractivity contribution is 4.90. The van der Waals surface area contributed by atoms with Gasteiger partial charge in [0, 0.05) is 31.2 Å². The standard InChI is InChI=1S/C14H28N2/c1-10-6-5-7-14(13(10)4)16-8-11(2)15-12(3)9-16/h10-15H,5-9H2,1-4H3. The van der Waals surface area contributed by atoms with E-state index >= 15 is 0 Å². The van der Waals surface area contributed by atoms with Gasteiger partial charge in [0.25, 0.3) is 0 Å². The van der Waals surface area contributed by atoms with Crippen molar-refractivity contribution in [2.45, 2.75) is 65.1 Å². The molecule has 0 aromatic heterocycles. The van der Waals surface area contributed by atoms with Crippen LogP contribution in [0.1, 0.15) is 47.0 Å². The fraction of sp³-hybridized carbons (Fsp3) is 1.00. The maximum absolute atomic E-state index is 3.63. The van der Waals surface area contributed by atoms with Crippen LogP contribution in [-0.4, -0.2) is 36.1 Å². The van der Waals surface area contributed by atoms with Crippen LogP contribution >= 0.6 is 0 Å². The predicted molar refractivity (Wildman–Crippen MR) is 69.6 cm³/mol. The van der Waals surface area contributed by atoms with Gasteiger partial charge in [-0.3, -0.25) is 4.90 Å². The summed E-state index contributed by atoms with van der Waals surface area (Å²) in [6.07, 6.45) is 4.29. The molecule has 2 fully saturated rings. The van der Waals surface area contributed by atoms with E-state index in [4.69, 9.17) is 0 Å². The third-order valence-corrected chi connectivity index (χ3v) is 4.72. The molecule has 1 heterocycles. The minimum absolute atomic E-state index is 0.660. The normalized spacial score (nSPS) is 46.9. The van der Waals surface area contributed by atoms with Crippen LogP contribution in [0.3, 0.4) is 0 Å². The minimum atomic E-state index is 0.660. The minimum Gasteiger partial charge on any atom is -0.309 e. The van der Waals surface area contributed by atoms with Crippen LogP contribution in [-0.2, 0) is 0 Å². The molecule has 0 amide bonds. The van der Waals surface area contributed by atoms with E-state index in [2.05, 4.69) is 37.9 Å². The molecule has 1 saturated carbocycles. The SMILES string of the molecule is CC1CN(C2CCCC(C)C2C)CC(C)N1. The first-order valence-electron chi connectivity index (χ1n) is 7.08. The lowest BCUT2D eigenvalue weighted by atomic mass is 9.77. The summed E-state index contributed by atoms with van der Waals surface area (Å²) in [7, 11) is 0. The summed E-state index contributed by atoms with van der Waals surface area (Å²) in [5.41, 5.74) is 0. The second-order valence-corrected chi connectivity index (χ2v) is 6.26. The molecule has 1 N–H and O–H groups in total. The molecule has 0 aromatic rings. The van der Waals surface area contributed by atoms with Gasteiger partial charge < -0.3 is 5.32 Å². The zero-order chi connectivity index (χ0) is 11.7. The Labute approximate surface area is 101 Å². The van der Waals surface area contributed by atoms with E-state index in [0.717, 1.165) is 17.9 Å². The Bertz CT molecular complexity index is 219. The first-order valence-corrected chi connectivity index (χ1v) is 7.08. The van der Waals surface area contributed by atoms with Crippen molar-refractivity contribution < 1.29 is 0 Å². The molecule has 2 aliphatic rings. The van der Waals surface area contributed by atoms with E-state index in [-0.39, 0.29) is 0 Å². The van der Waals surface area contributed by atoms with Gasteiger partial charge in [-0.2, -0.15) is 0 Å². The Kier molecular flexibility index (Phi) is 3.91. The van der Waals surface area contributed by atoms with Crippen LogP contribution in [0.25, 0.3) is 0 Å². The second kappa shape index (κ2) is 5.05. The Hall–Kier alpha value is -0.0800.